The fourth-order valence-corrected chi connectivity index (χ4v) is 0.885. The Labute approximate surface area is 101 Å². The first-order valence-corrected chi connectivity index (χ1v) is 5.13. The lowest BCUT2D eigenvalue weighted by Crippen LogP contribution is -2.08. The summed E-state index contributed by atoms with van der Waals surface area (Å²) in [7, 11) is 2.52. The van der Waals surface area contributed by atoms with Gasteiger partial charge in [0, 0.05) is 5.92 Å². The number of esters is 2. The van der Waals surface area contributed by atoms with E-state index in [1.54, 1.807) is 0 Å². The molecule has 0 aliphatic heterocycles. The Morgan fingerprint density at radius 1 is 1.29 bits per heavy atom. The van der Waals surface area contributed by atoms with E-state index in [1.165, 1.54) is 20.5 Å². The fourth-order valence-electron chi connectivity index (χ4n) is 0.885. The summed E-state index contributed by atoms with van der Waals surface area (Å²) in [4.78, 5) is 21.6. The minimum Gasteiger partial charge on any atom is -0.485 e. The third-order valence-electron chi connectivity index (χ3n) is 1.72. The number of hydrogen-bond acceptors (Lipinski definition) is 5. The van der Waals surface area contributed by atoms with Crippen LogP contribution in [0.1, 0.15) is 19.8 Å². The van der Waals surface area contributed by atoms with Crippen LogP contribution in [0, 0.1) is 11.8 Å². The van der Waals surface area contributed by atoms with Crippen molar-refractivity contribution in [3.8, 4) is 11.8 Å². The van der Waals surface area contributed by atoms with Crippen LogP contribution in [0.4, 0.5) is 0 Å². The maximum Gasteiger partial charge on any atom is 0.384 e. The number of hydrogen-bond donors (Lipinski definition) is 0. The number of ether oxygens (including phenoxy) is 3. The summed E-state index contributed by atoms with van der Waals surface area (Å²) < 4.78 is 14.0. The van der Waals surface area contributed by atoms with Gasteiger partial charge in [0.2, 0.25) is 0 Å². The van der Waals surface area contributed by atoms with E-state index in [1.807, 2.05) is 6.92 Å². The standard InChI is InChI=1S/C12H16O5/c1-4-5-10(6-7-11(13)15-2)17-9-8-12(14)16-3/h8-10H,4-5H2,1-3H3/b9-8+. The van der Waals surface area contributed by atoms with Gasteiger partial charge in [-0.2, -0.15) is 0 Å². The normalized spacial score (nSPS) is 11.2. The van der Waals surface area contributed by atoms with Crippen molar-refractivity contribution in [3.63, 3.8) is 0 Å². The quantitative estimate of drug-likeness (QED) is 0.236. The van der Waals surface area contributed by atoms with E-state index in [4.69, 9.17) is 4.74 Å². The van der Waals surface area contributed by atoms with Crippen LogP contribution in [-0.4, -0.2) is 32.3 Å². The molecule has 0 bridgehead atoms. The molecule has 0 radical (unpaired) electrons. The molecule has 0 rings (SSSR count). The van der Waals surface area contributed by atoms with Gasteiger partial charge < -0.3 is 14.2 Å². The smallest absolute Gasteiger partial charge is 0.384 e. The first-order valence-electron chi connectivity index (χ1n) is 5.13. The van der Waals surface area contributed by atoms with Crippen molar-refractivity contribution in [1.29, 1.82) is 0 Å². The van der Waals surface area contributed by atoms with Gasteiger partial charge >= 0.3 is 11.9 Å². The molecule has 94 valence electrons. The van der Waals surface area contributed by atoms with Gasteiger partial charge in [-0.05, 0) is 12.3 Å². The Morgan fingerprint density at radius 3 is 2.53 bits per heavy atom. The van der Waals surface area contributed by atoms with Crippen molar-refractivity contribution in [2.75, 3.05) is 14.2 Å². The van der Waals surface area contributed by atoms with Crippen LogP contribution in [0.2, 0.25) is 0 Å². The van der Waals surface area contributed by atoms with E-state index < -0.39 is 18.0 Å². The van der Waals surface area contributed by atoms with Crippen LogP contribution in [0.25, 0.3) is 0 Å². The Balaban J connectivity index is 4.32. The Kier molecular flexibility index (Phi) is 8.21. The van der Waals surface area contributed by atoms with Gasteiger partial charge in [0.15, 0.2) is 6.10 Å². The zero-order valence-corrected chi connectivity index (χ0v) is 10.2. The first kappa shape index (κ1) is 15.0. The molecule has 1 atom stereocenters. The molecular weight excluding hydrogens is 224 g/mol. The van der Waals surface area contributed by atoms with E-state index in [-0.39, 0.29) is 0 Å². The van der Waals surface area contributed by atoms with E-state index in [0.29, 0.717) is 6.42 Å². The van der Waals surface area contributed by atoms with Crippen LogP contribution in [-0.2, 0) is 23.8 Å². The van der Waals surface area contributed by atoms with Gasteiger partial charge in [-0.25, -0.2) is 9.59 Å². The number of rotatable bonds is 5. The summed E-state index contributed by atoms with van der Waals surface area (Å²) in [6.45, 7) is 1.96. The maximum absolute atomic E-state index is 10.8. The topological polar surface area (TPSA) is 61.8 Å². The summed E-state index contributed by atoms with van der Waals surface area (Å²) in [5, 5.41) is 0. The van der Waals surface area contributed by atoms with Gasteiger partial charge in [0.05, 0.1) is 26.6 Å². The predicted molar refractivity (Wildman–Crippen MR) is 60.7 cm³/mol. The van der Waals surface area contributed by atoms with Crippen LogP contribution in [0.15, 0.2) is 12.3 Å². The second-order valence-electron chi connectivity index (χ2n) is 3.00. The highest BCUT2D eigenvalue weighted by atomic mass is 16.5. The largest absolute Gasteiger partial charge is 0.485 e. The molecule has 0 spiro atoms. The van der Waals surface area contributed by atoms with Crippen molar-refractivity contribution >= 4 is 11.9 Å². The molecule has 0 aromatic carbocycles. The lowest BCUT2D eigenvalue weighted by Gasteiger charge is -2.07. The SMILES string of the molecule is CCCC(C#CC(=O)OC)O/C=C/C(=O)OC. The molecule has 5 heteroatoms. The molecular formula is C12H16O5. The highest BCUT2D eigenvalue weighted by Gasteiger charge is 2.03. The molecule has 0 amide bonds. The second kappa shape index (κ2) is 9.28. The number of carbonyl (C=O) groups excluding carboxylic acids is 2. The zero-order valence-electron chi connectivity index (χ0n) is 10.2. The summed E-state index contributed by atoms with van der Waals surface area (Å²) >= 11 is 0. The molecule has 0 aliphatic carbocycles. The molecule has 5 nitrogen and oxygen atoms in total. The molecule has 0 aliphatic rings. The van der Waals surface area contributed by atoms with Crippen LogP contribution in [0.3, 0.4) is 0 Å². The van der Waals surface area contributed by atoms with Crippen molar-refractivity contribution in [2.45, 2.75) is 25.9 Å². The minimum atomic E-state index is -0.619. The first-order chi connectivity index (χ1) is 8.13. The van der Waals surface area contributed by atoms with Gasteiger partial charge in [0.1, 0.15) is 0 Å². The molecule has 0 fully saturated rings. The highest BCUT2D eigenvalue weighted by molar-refractivity contribution is 5.88. The summed E-state index contributed by atoms with van der Waals surface area (Å²) in [5.74, 6) is 3.76. The van der Waals surface area contributed by atoms with Crippen LogP contribution in [0.5, 0.6) is 0 Å². The summed E-state index contributed by atoms with van der Waals surface area (Å²) in [6.07, 6.45) is 3.39. The van der Waals surface area contributed by atoms with E-state index in [0.717, 1.165) is 12.5 Å². The van der Waals surface area contributed by atoms with E-state index >= 15 is 0 Å². The Hall–Kier alpha value is -1.96. The summed E-state index contributed by atoms with van der Waals surface area (Å²) in [5.41, 5.74) is 0. The third kappa shape index (κ3) is 7.91. The monoisotopic (exact) mass is 240 g/mol. The van der Waals surface area contributed by atoms with Crippen molar-refractivity contribution < 1.29 is 23.8 Å². The number of methoxy groups -OCH3 is 2. The molecule has 0 aromatic rings. The van der Waals surface area contributed by atoms with Crippen LogP contribution >= 0.6 is 0 Å². The second-order valence-corrected chi connectivity index (χ2v) is 3.00. The van der Waals surface area contributed by atoms with Crippen molar-refractivity contribution in [3.05, 3.63) is 12.3 Å². The predicted octanol–water partition coefficient (Wildman–Crippen LogP) is 1.03. The lowest BCUT2D eigenvalue weighted by molar-refractivity contribution is -0.135. The van der Waals surface area contributed by atoms with E-state index in [2.05, 4.69) is 21.3 Å². The molecule has 0 heterocycles. The molecule has 0 saturated carbocycles. The van der Waals surface area contributed by atoms with Crippen molar-refractivity contribution in [1.82, 2.24) is 0 Å². The molecule has 0 N–H and O–H groups in total. The highest BCUT2D eigenvalue weighted by Crippen LogP contribution is 2.01. The Bertz CT molecular complexity index is 335. The minimum absolute atomic E-state index is 0.444. The fraction of sp³-hybridized carbons (Fsp3) is 0.500. The molecule has 0 saturated heterocycles. The van der Waals surface area contributed by atoms with Crippen LogP contribution < -0.4 is 0 Å². The van der Waals surface area contributed by atoms with Gasteiger partial charge in [-0.15, -0.1) is 0 Å². The maximum atomic E-state index is 10.8. The average molecular weight is 240 g/mol. The Morgan fingerprint density at radius 2 is 2.00 bits per heavy atom. The molecule has 0 aromatic heterocycles. The zero-order chi connectivity index (χ0) is 13.1. The summed E-state index contributed by atoms with van der Waals surface area (Å²) in [6, 6.07) is 0. The molecule has 17 heavy (non-hydrogen) atoms. The third-order valence-corrected chi connectivity index (χ3v) is 1.72. The average Bonchev–Trinajstić information content (AvgIpc) is 2.35. The van der Waals surface area contributed by atoms with E-state index in [9.17, 15) is 9.59 Å². The van der Waals surface area contributed by atoms with Crippen molar-refractivity contribution in [2.24, 2.45) is 0 Å². The number of carbonyl (C=O) groups is 2. The molecule has 1 unspecified atom stereocenters. The van der Waals surface area contributed by atoms with Gasteiger partial charge in [-0.3, -0.25) is 0 Å². The van der Waals surface area contributed by atoms with Gasteiger partial charge in [0.25, 0.3) is 0 Å². The van der Waals surface area contributed by atoms with Gasteiger partial charge in [-0.1, -0.05) is 13.3 Å². The lowest BCUT2D eigenvalue weighted by atomic mass is 10.2.